The van der Waals surface area contributed by atoms with Crippen molar-refractivity contribution in [3.05, 3.63) is 57.3 Å². The minimum absolute atomic E-state index is 0.132. The van der Waals surface area contributed by atoms with E-state index in [0.29, 0.717) is 16.8 Å². The number of rotatable bonds is 5. The Morgan fingerprint density at radius 2 is 1.74 bits per heavy atom. The molecule has 1 aliphatic rings. The van der Waals surface area contributed by atoms with Crippen LogP contribution in [0, 0.1) is 6.92 Å². The quantitative estimate of drug-likeness (QED) is 0.536. The number of methoxy groups -OCH3 is 2. The minimum Gasteiger partial charge on any atom is -0.502 e. The molecule has 0 saturated carbocycles. The van der Waals surface area contributed by atoms with Gasteiger partial charge in [0, 0.05) is 22.8 Å². The van der Waals surface area contributed by atoms with Gasteiger partial charge in [0.15, 0.2) is 11.5 Å². The fraction of sp³-hybridized carbons (Fsp3) is 0.217. The van der Waals surface area contributed by atoms with Crippen molar-refractivity contribution in [1.29, 1.82) is 0 Å². The topological polar surface area (TPSA) is 105 Å². The molecule has 2 aromatic carbocycles. The molecule has 1 amide bonds. The van der Waals surface area contributed by atoms with Crippen molar-refractivity contribution in [3.63, 3.8) is 0 Å². The molecule has 3 N–H and O–H groups in total. The molecule has 2 heterocycles. The van der Waals surface area contributed by atoms with Gasteiger partial charge in [0.2, 0.25) is 11.7 Å². The maximum absolute atomic E-state index is 12.6. The maximum Gasteiger partial charge on any atom is 0.346 e. The molecule has 0 unspecified atom stereocenters. The zero-order valence-corrected chi connectivity index (χ0v) is 18.0. The average molecular weight is 439 g/mol. The van der Waals surface area contributed by atoms with Gasteiger partial charge in [-0.05, 0) is 30.2 Å². The Hall–Kier alpha value is -3.52. The molecular formula is C23H21NO6S. The Labute approximate surface area is 182 Å². The molecule has 0 aliphatic carbocycles. The summed E-state index contributed by atoms with van der Waals surface area (Å²) in [5.74, 6) is -1.37. The number of anilines is 1. The second-order valence-corrected chi connectivity index (χ2v) is 8.35. The van der Waals surface area contributed by atoms with Crippen molar-refractivity contribution in [1.82, 2.24) is 0 Å². The molecule has 31 heavy (non-hydrogen) atoms. The van der Waals surface area contributed by atoms with Crippen LogP contribution < -0.4 is 14.8 Å². The van der Waals surface area contributed by atoms with Crippen molar-refractivity contribution in [2.75, 3.05) is 19.5 Å². The number of ether oxygens (including phenoxy) is 2. The highest BCUT2D eigenvalue weighted by Gasteiger charge is 2.35. The molecule has 0 bridgehead atoms. The lowest BCUT2D eigenvalue weighted by atomic mass is 9.88. The molecular weight excluding hydrogens is 418 g/mol. The first-order chi connectivity index (χ1) is 14.8. The van der Waals surface area contributed by atoms with Gasteiger partial charge in [-0.3, -0.25) is 4.79 Å². The number of aromatic carboxylic acids is 1. The van der Waals surface area contributed by atoms with Gasteiger partial charge in [-0.1, -0.05) is 29.8 Å². The smallest absolute Gasteiger partial charge is 0.346 e. The summed E-state index contributed by atoms with van der Waals surface area (Å²) in [6, 6.07) is 10.8. The summed E-state index contributed by atoms with van der Waals surface area (Å²) in [4.78, 5) is 25.6. The Morgan fingerprint density at radius 3 is 2.29 bits per heavy atom. The number of aromatic hydroxyl groups is 1. The summed E-state index contributed by atoms with van der Waals surface area (Å²) >= 11 is 1.15. The number of aryl methyl sites for hydroxylation is 1. The standard InChI is InChI=1S/C23H21NO6S/c1-11-4-6-12(7-5-11)18-19-21(31-22(18)23(27)28)14(10-17(25)24-19)13-8-15(29-2)20(26)16(9-13)30-3/h4-9,14,26H,10H2,1-3H3,(H,24,25)(H,27,28)/t14-/m0/s1. The average Bonchev–Trinajstić information content (AvgIpc) is 3.13. The number of nitrogens with one attached hydrogen (secondary N) is 1. The molecule has 0 fully saturated rings. The highest BCUT2D eigenvalue weighted by atomic mass is 32.1. The van der Waals surface area contributed by atoms with Gasteiger partial charge in [0.25, 0.3) is 0 Å². The van der Waals surface area contributed by atoms with E-state index in [1.54, 1.807) is 12.1 Å². The summed E-state index contributed by atoms with van der Waals surface area (Å²) in [5, 5.41) is 23.0. The zero-order valence-electron chi connectivity index (χ0n) is 17.2. The first-order valence-electron chi connectivity index (χ1n) is 9.55. The Balaban J connectivity index is 1.94. The van der Waals surface area contributed by atoms with Gasteiger partial charge >= 0.3 is 5.97 Å². The van der Waals surface area contributed by atoms with Crippen LogP contribution in [0.4, 0.5) is 5.69 Å². The normalized spacial score (nSPS) is 15.2. The maximum atomic E-state index is 12.6. The number of carboxylic acid groups (broad SMARTS) is 1. The minimum atomic E-state index is -1.05. The number of hydrogen-bond donors (Lipinski definition) is 3. The van der Waals surface area contributed by atoms with Crippen molar-refractivity contribution in [2.45, 2.75) is 19.3 Å². The summed E-state index contributed by atoms with van der Waals surface area (Å²) in [6.45, 7) is 1.95. The summed E-state index contributed by atoms with van der Waals surface area (Å²) < 4.78 is 10.5. The van der Waals surface area contributed by atoms with E-state index in [-0.39, 0.29) is 34.5 Å². The van der Waals surface area contributed by atoms with Crippen molar-refractivity contribution < 1.29 is 29.3 Å². The first kappa shape index (κ1) is 20.7. The monoisotopic (exact) mass is 439 g/mol. The number of amides is 1. The number of phenolic OH excluding ortho intramolecular Hbond substituents is 1. The van der Waals surface area contributed by atoms with E-state index in [2.05, 4.69) is 5.32 Å². The van der Waals surface area contributed by atoms with Crippen LogP contribution in [0.3, 0.4) is 0 Å². The van der Waals surface area contributed by atoms with Crippen LogP contribution in [0.1, 0.15) is 38.0 Å². The van der Waals surface area contributed by atoms with Gasteiger partial charge in [0.1, 0.15) is 4.88 Å². The third-order valence-electron chi connectivity index (χ3n) is 5.34. The predicted molar refractivity (Wildman–Crippen MR) is 118 cm³/mol. The third kappa shape index (κ3) is 3.59. The lowest BCUT2D eigenvalue weighted by molar-refractivity contribution is -0.116. The number of phenols is 1. The van der Waals surface area contributed by atoms with Gasteiger partial charge in [-0.25, -0.2) is 4.79 Å². The Bertz CT molecular complexity index is 1160. The summed E-state index contributed by atoms with van der Waals surface area (Å²) in [6.07, 6.45) is 0.136. The third-order valence-corrected chi connectivity index (χ3v) is 6.64. The SMILES string of the molecule is COc1cc([C@@H]2CC(=O)Nc3c2sc(C(=O)O)c3-c2ccc(C)cc2)cc(OC)c1O. The van der Waals surface area contributed by atoms with E-state index in [4.69, 9.17) is 9.47 Å². The summed E-state index contributed by atoms with van der Waals surface area (Å²) in [7, 11) is 2.86. The Morgan fingerprint density at radius 1 is 1.13 bits per heavy atom. The first-order valence-corrected chi connectivity index (χ1v) is 10.4. The Kier molecular flexibility index (Phi) is 5.32. The molecule has 4 rings (SSSR count). The number of fused-ring (bicyclic) bond motifs is 1. The van der Waals surface area contributed by atoms with E-state index in [1.165, 1.54) is 14.2 Å². The second-order valence-electron chi connectivity index (χ2n) is 7.30. The van der Waals surface area contributed by atoms with Crippen molar-refractivity contribution >= 4 is 28.9 Å². The molecule has 3 aromatic rings. The van der Waals surface area contributed by atoms with Crippen LogP contribution in [0.25, 0.3) is 11.1 Å². The van der Waals surface area contributed by atoms with Gasteiger partial charge in [0.05, 0.1) is 19.9 Å². The van der Waals surface area contributed by atoms with Crippen LogP contribution in [0.5, 0.6) is 17.2 Å². The molecule has 7 nitrogen and oxygen atoms in total. The van der Waals surface area contributed by atoms with Crippen LogP contribution in [0.2, 0.25) is 0 Å². The van der Waals surface area contributed by atoms with Crippen LogP contribution in [-0.4, -0.2) is 36.3 Å². The van der Waals surface area contributed by atoms with E-state index in [9.17, 15) is 19.8 Å². The van der Waals surface area contributed by atoms with Crippen molar-refractivity contribution in [3.8, 4) is 28.4 Å². The molecule has 1 aromatic heterocycles. The molecule has 1 aliphatic heterocycles. The van der Waals surface area contributed by atoms with Gasteiger partial charge in [-0.15, -0.1) is 11.3 Å². The number of benzene rings is 2. The largest absolute Gasteiger partial charge is 0.502 e. The number of carbonyl (C=O) groups excluding carboxylic acids is 1. The van der Waals surface area contributed by atoms with Gasteiger partial charge < -0.3 is 25.0 Å². The predicted octanol–water partition coefficient (Wildman–Crippen LogP) is 4.62. The fourth-order valence-corrected chi connectivity index (χ4v) is 5.06. The van der Waals surface area contributed by atoms with Crippen molar-refractivity contribution in [2.24, 2.45) is 0 Å². The summed E-state index contributed by atoms with van der Waals surface area (Å²) in [5.41, 5.74) is 3.48. The fourth-order valence-electron chi connectivity index (χ4n) is 3.82. The second kappa shape index (κ2) is 7.96. The van der Waals surface area contributed by atoms with E-state index in [0.717, 1.165) is 27.3 Å². The molecule has 0 radical (unpaired) electrons. The van der Waals surface area contributed by atoms with E-state index >= 15 is 0 Å². The van der Waals surface area contributed by atoms with Gasteiger partial charge in [-0.2, -0.15) is 0 Å². The molecule has 0 spiro atoms. The molecule has 8 heteroatoms. The molecule has 160 valence electrons. The van der Waals surface area contributed by atoms with E-state index < -0.39 is 11.9 Å². The molecule has 0 saturated heterocycles. The van der Waals surface area contributed by atoms with E-state index in [1.807, 2.05) is 31.2 Å². The lowest BCUT2D eigenvalue weighted by Gasteiger charge is -2.25. The number of thiophene rings is 1. The highest BCUT2D eigenvalue weighted by Crippen LogP contribution is 2.51. The lowest BCUT2D eigenvalue weighted by Crippen LogP contribution is -2.22. The van der Waals surface area contributed by atoms with Crippen LogP contribution >= 0.6 is 11.3 Å². The van der Waals surface area contributed by atoms with Crippen LogP contribution in [0.15, 0.2) is 36.4 Å². The zero-order chi connectivity index (χ0) is 22.3. The number of carboxylic acids is 1. The van der Waals surface area contributed by atoms with Crippen LogP contribution in [-0.2, 0) is 4.79 Å². The highest BCUT2D eigenvalue weighted by molar-refractivity contribution is 7.15. The molecule has 1 atom stereocenters. The number of hydrogen-bond acceptors (Lipinski definition) is 6. The number of carbonyl (C=O) groups is 2.